The average Bonchev–Trinajstić information content (AvgIpc) is 2.67. The van der Waals surface area contributed by atoms with E-state index in [2.05, 4.69) is 27.2 Å². The van der Waals surface area contributed by atoms with Gasteiger partial charge in [0.05, 0.1) is 6.20 Å². The third kappa shape index (κ3) is 6.29. The van der Waals surface area contributed by atoms with Crippen LogP contribution in [0.3, 0.4) is 0 Å². The molecule has 0 aliphatic heterocycles. The number of hydrogen-bond donors (Lipinski definition) is 1. The number of nitrogens with one attached hydrogen (secondary N) is 1. The summed E-state index contributed by atoms with van der Waals surface area (Å²) < 4.78 is 0. The number of aromatic nitrogens is 3. The SMILES string of the molecule is CCCCN(CCC(=O)NCc1cccnc1)C(=O)c1cnccn1. The fraction of sp³-hybridized carbons (Fsp3) is 0.389. The maximum atomic E-state index is 12.5. The Morgan fingerprint density at radius 3 is 2.64 bits per heavy atom. The Hall–Kier alpha value is -2.83. The van der Waals surface area contributed by atoms with Gasteiger partial charge in [0.1, 0.15) is 5.69 Å². The van der Waals surface area contributed by atoms with Gasteiger partial charge < -0.3 is 10.2 Å². The van der Waals surface area contributed by atoms with E-state index < -0.39 is 0 Å². The second-order valence-electron chi connectivity index (χ2n) is 5.62. The zero-order valence-corrected chi connectivity index (χ0v) is 14.4. The maximum Gasteiger partial charge on any atom is 0.274 e. The second-order valence-corrected chi connectivity index (χ2v) is 5.62. The van der Waals surface area contributed by atoms with Crippen LogP contribution in [0.1, 0.15) is 42.2 Å². The highest BCUT2D eigenvalue weighted by molar-refractivity contribution is 5.92. The molecule has 2 aromatic rings. The third-order valence-electron chi connectivity index (χ3n) is 3.67. The first-order valence-corrected chi connectivity index (χ1v) is 8.41. The Morgan fingerprint density at radius 1 is 1.12 bits per heavy atom. The van der Waals surface area contributed by atoms with Crippen molar-refractivity contribution in [1.82, 2.24) is 25.2 Å². The van der Waals surface area contributed by atoms with Gasteiger partial charge in [-0.25, -0.2) is 4.98 Å². The third-order valence-corrected chi connectivity index (χ3v) is 3.67. The highest BCUT2D eigenvalue weighted by Gasteiger charge is 2.17. The molecule has 2 amide bonds. The van der Waals surface area contributed by atoms with Crippen LogP contribution in [0.15, 0.2) is 43.1 Å². The standard InChI is InChI=1S/C18H23N5O2/c1-2-3-10-23(18(25)16-14-20-8-9-21-16)11-6-17(24)22-13-15-5-4-7-19-12-15/h4-5,7-9,12,14H,2-3,6,10-11,13H2,1H3,(H,22,24). The molecule has 0 aliphatic carbocycles. The van der Waals surface area contributed by atoms with Gasteiger partial charge in [0.15, 0.2) is 0 Å². The molecular weight excluding hydrogens is 318 g/mol. The largest absolute Gasteiger partial charge is 0.352 e. The zero-order chi connectivity index (χ0) is 17.9. The van der Waals surface area contributed by atoms with Crippen molar-refractivity contribution in [2.24, 2.45) is 0 Å². The van der Waals surface area contributed by atoms with Crippen LogP contribution < -0.4 is 5.32 Å². The van der Waals surface area contributed by atoms with E-state index in [1.54, 1.807) is 17.3 Å². The summed E-state index contributed by atoms with van der Waals surface area (Å²) in [6.07, 6.45) is 9.96. The Kier molecular flexibility index (Phi) is 7.49. The molecule has 0 bridgehead atoms. The van der Waals surface area contributed by atoms with E-state index in [9.17, 15) is 9.59 Å². The molecule has 1 N–H and O–H groups in total. The summed E-state index contributed by atoms with van der Waals surface area (Å²) >= 11 is 0. The number of nitrogens with zero attached hydrogens (tertiary/aromatic N) is 4. The minimum atomic E-state index is -0.193. The number of pyridine rings is 1. The summed E-state index contributed by atoms with van der Waals surface area (Å²) in [6.45, 7) is 3.45. The van der Waals surface area contributed by atoms with E-state index in [-0.39, 0.29) is 18.2 Å². The molecule has 0 aliphatic rings. The molecule has 0 spiro atoms. The molecule has 0 aromatic carbocycles. The van der Waals surface area contributed by atoms with E-state index in [0.717, 1.165) is 18.4 Å². The Bertz CT molecular complexity index is 664. The van der Waals surface area contributed by atoms with Crippen molar-refractivity contribution >= 4 is 11.8 Å². The Labute approximate surface area is 147 Å². The van der Waals surface area contributed by atoms with E-state index in [4.69, 9.17) is 0 Å². The van der Waals surface area contributed by atoms with Crippen molar-refractivity contribution in [2.45, 2.75) is 32.7 Å². The van der Waals surface area contributed by atoms with E-state index in [0.29, 0.717) is 25.3 Å². The summed E-state index contributed by atoms with van der Waals surface area (Å²) in [4.78, 5) is 38.2. The molecule has 25 heavy (non-hydrogen) atoms. The van der Waals surface area contributed by atoms with Crippen LogP contribution in [0.4, 0.5) is 0 Å². The van der Waals surface area contributed by atoms with Crippen molar-refractivity contribution in [2.75, 3.05) is 13.1 Å². The maximum absolute atomic E-state index is 12.5. The Morgan fingerprint density at radius 2 is 1.96 bits per heavy atom. The van der Waals surface area contributed by atoms with Crippen molar-refractivity contribution in [3.05, 3.63) is 54.4 Å². The van der Waals surface area contributed by atoms with Crippen LogP contribution in [0, 0.1) is 0 Å². The zero-order valence-electron chi connectivity index (χ0n) is 14.4. The van der Waals surface area contributed by atoms with Crippen LogP contribution in [0.25, 0.3) is 0 Å². The molecule has 7 nitrogen and oxygen atoms in total. The van der Waals surface area contributed by atoms with Crippen LogP contribution in [0.5, 0.6) is 0 Å². The number of amides is 2. The molecule has 2 aromatic heterocycles. The van der Waals surface area contributed by atoms with E-state index >= 15 is 0 Å². The van der Waals surface area contributed by atoms with Gasteiger partial charge in [0.2, 0.25) is 5.91 Å². The van der Waals surface area contributed by atoms with Gasteiger partial charge >= 0.3 is 0 Å². The predicted molar refractivity (Wildman–Crippen MR) is 93.5 cm³/mol. The summed E-state index contributed by atoms with van der Waals surface area (Å²) in [5.74, 6) is -0.293. The van der Waals surface area contributed by atoms with E-state index in [1.807, 2.05) is 12.1 Å². The van der Waals surface area contributed by atoms with Gasteiger partial charge in [-0.05, 0) is 18.1 Å². The van der Waals surface area contributed by atoms with Gasteiger partial charge in [0, 0.05) is 50.8 Å². The second kappa shape index (κ2) is 10.1. The molecule has 0 fully saturated rings. The van der Waals surface area contributed by atoms with Crippen molar-refractivity contribution in [3.8, 4) is 0 Å². The molecule has 132 valence electrons. The molecule has 0 saturated heterocycles. The molecule has 0 unspecified atom stereocenters. The lowest BCUT2D eigenvalue weighted by molar-refractivity contribution is -0.121. The lowest BCUT2D eigenvalue weighted by Gasteiger charge is -2.21. The molecule has 0 atom stereocenters. The molecule has 2 rings (SSSR count). The molecular formula is C18H23N5O2. The molecule has 7 heteroatoms. The number of rotatable bonds is 9. The van der Waals surface area contributed by atoms with Crippen molar-refractivity contribution in [3.63, 3.8) is 0 Å². The first-order valence-electron chi connectivity index (χ1n) is 8.41. The Balaban J connectivity index is 1.86. The molecule has 0 radical (unpaired) electrons. The number of hydrogen-bond acceptors (Lipinski definition) is 5. The first-order chi connectivity index (χ1) is 12.2. The minimum Gasteiger partial charge on any atom is -0.352 e. The van der Waals surface area contributed by atoms with Crippen LogP contribution >= 0.6 is 0 Å². The predicted octanol–water partition coefficient (Wildman–Crippen LogP) is 1.82. The van der Waals surface area contributed by atoms with Crippen LogP contribution in [0.2, 0.25) is 0 Å². The summed E-state index contributed by atoms with van der Waals surface area (Å²) in [6, 6.07) is 3.73. The highest BCUT2D eigenvalue weighted by Crippen LogP contribution is 2.04. The van der Waals surface area contributed by atoms with Gasteiger partial charge in [-0.3, -0.25) is 19.6 Å². The fourth-order valence-corrected chi connectivity index (χ4v) is 2.26. The van der Waals surface area contributed by atoms with Gasteiger partial charge in [-0.15, -0.1) is 0 Å². The summed E-state index contributed by atoms with van der Waals surface area (Å²) in [7, 11) is 0. The van der Waals surface area contributed by atoms with E-state index in [1.165, 1.54) is 18.6 Å². The van der Waals surface area contributed by atoms with Crippen molar-refractivity contribution < 1.29 is 9.59 Å². The lowest BCUT2D eigenvalue weighted by atomic mass is 10.2. The molecule has 2 heterocycles. The van der Waals surface area contributed by atoms with Crippen LogP contribution in [-0.4, -0.2) is 44.8 Å². The van der Waals surface area contributed by atoms with Gasteiger partial charge in [0.25, 0.3) is 5.91 Å². The van der Waals surface area contributed by atoms with Gasteiger partial charge in [-0.2, -0.15) is 0 Å². The number of carbonyl (C=O) groups excluding carboxylic acids is 2. The number of carbonyl (C=O) groups is 2. The average molecular weight is 341 g/mol. The first kappa shape index (κ1) is 18.5. The monoisotopic (exact) mass is 341 g/mol. The minimum absolute atomic E-state index is 0.0997. The fourth-order valence-electron chi connectivity index (χ4n) is 2.26. The van der Waals surface area contributed by atoms with Gasteiger partial charge in [-0.1, -0.05) is 19.4 Å². The number of unbranched alkanes of at least 4 members (excludes halogenated alkanes) is 1. The quantitative estimate of drug-likeness (QED) is 0.751. The highest BCUT2D eigenvalue weighted by atomic mass is 16.2. The smallest absolute Gasteiger partial charge is 0.274 e. The van der Waals surface area contributed by atoms with Crippen LogP contribution in [-0.2, 0) is 11.3 Å². The molecule has 0 saturated carbocycles. The lowest BCUT2D eigenvalue weighted by Crippen LogP contribution is -2.36. The summed E-state index contributed by atoms with van der Waals surface area (Å²) in [5.41, 5.74) is 1.24. The van der Waals surface area contributed by atoms with Crippen molar-refractivity contribution in [1.29, 1.82) is 0 Å². The topological polar surface area (TPSA) is 88.1 Å². The summed E-state index contributed by atoms with van der Waals surface area (Å²) in [5, 5.41) is 2.84. The normalized spacial score (nSPS) is 10.3.